The van der Waals surface area contributed by atoms with Crippen molar-refractivity contribution in [1.82, 2.24) is 0 Å². The highest BCUT2D eigenvalue weighted by atomic mass is 32.2. The predicted molar refractivity (Wildman–Crippen MR) is 109 cm³/mol. The van der Waals surface area contributed by atoms with Crippen molar-refractivity contribution in [3.05, 3.63) is 83.9 Å². The highest BCUT2D eigenvalue weighted by Gasteiger charge is 2.17. The normalized spacial score (nSPS) is 11.0. The van der Waals surface area contributed by atoms with E-state index in [2.05, 4.69) is 10.0 Å². The Morgan fingerprint density at radius 2 is 1.67 bits per heavy atom. The summed E-state index contributed by atoms with van der Waals surface area (Å²) in [5.41, 5.74) is 0.838. The number of rotatable bonds is 7. The van der Waals surface area contributed by atoms with Gasteiger partial charge in [0.1, 0.15) is 5.75 Å². The van der Waals surface area contributed by atoms with Gasteiger partial charge < -0.3 is 10.1 Å². The zero-order valence-corrected chi connectivity index (χ0v) is 16.7. The molecule has 3 aromatic carbocycles. The Balaban J connectivity index is 1.75. The van der Waals surface area contributed by atoms with Gasteiger partial charge in [-0.3, -0.25) is 9.52 Å². The van der Waals surface area contributed by atoms with Crippen LogP contribution in [0.5, 0.6) is 5.75 Å². The fourth-order valence-electron chi connectivity index (χ4n) is 2.59. The van der Waals surface area contributed by atoms with Crippen LogP contribution in [0.15, 0.2) is 71.6 Å². The molecular weight excluding hydrogens is 414 g/mol. The number of benzene rings is 3. The molecule has 0 unspecified atom stereocenters. The van der Waals surface area contributed by atoms with Crippen molar-refractivity contribution in [2.24, 2.45) is 0 Å². The smallest absolute Gasteiger partial charge is 0.261 e. The van der Waals surface area contributed by atoms with Gasteiger partial charge in [0.15, 0.2) is 11.6 Å². The van der Waals surface area contributed by atoms with Crippen molar-refractivity contribution < 1.29 is 26.7 Å². The van der Waals surface area contributed by atoms with E-state index in [0.29, 0.717) is 24.1 Å². The van der Waals surface area contributed by atoms with Crippen LogP contribution >= 0.6 is 0 Å². The maximum absolute atomic E-state index is 13.4. The average Bonchev–Trinajstić information content (AvgIpc) is 2.71. The summed E-state index contributed by atoms with van der Waals surface area (Å²) in [7, 11) is -4.17. The molecule has 0 spiro atoms. The van der Waals surface area contributed by atoms with Crippen LogP contribution in [0.4, 0.5) is 20.2 Å². The molecule has 0 aliphatic rings. The second kappa shape index (κ2) is 8.91. The molecule has 0 fully saturated rings. The Morgan fingerprint density at radius 3 is 2.33 bits per heavy atom. The van der Waals surface area contributed by atoms with Crippen molar-refractivity contribution in [3.8, 4) is 5.75 Å². The molecule has 0 saturated carbocycles. The van der Waals surface area contributed by atoms with E-state index in [0.717, 1.165) is 12.1 Å². The van der Waals surface area contributed by atoms with E-state index >= 15 is 0 Å². The second-order valence-corrected chi connectivity index (χ2v) is 7.86. The van der Waals surface area contributed by atoms with E-state index in [1.165, 1.54) is 24.3 Å². The summed E-state index contributed by atoms with van der Waals surface area (Å²) in [4.78, 5) is 12.0. The van der Waals surface area contributed by atoms with E-state index < -0.39 is 32.5 Å². The minimum absolute atomic E-state index is 0.0964. The van der Waals surface area contributed by atoms with Crippen molar-refractivity contribution in [2.45, 2.75) is 11.8 Å². The molecule has 3 aromatic rings. The van der Waals surface area contributed by atoms with Crippen molar-refractivity contribution in [2.75, 3.05) is 16.6 Å². The average molecular weight is 432 g/mol. The Morgan fingerprint density at radius 1 is 0.933 bits per heavy atom. The largest absolute Gasteiger partial charge is 0.494 e. The van der Waals surface area contributed by atoms with Gasteiger partial charge in [-0.2, -0.15) is 0 Å². The van der Waals surface area contributed by atoms with Crippen molar-refractivity contribution in [1.29, 1.82) is 0 Å². The molecule has 3 rings (SSSR count). The summed E-state index contributed by atoms with van der Waals surface area (Å²) in [6, 6.07) is 14.8. The molecule has 0 aliphatic carbocycles. The van der Waals surface area contributed by atoms with E-state index in [9.17, 15) is 22.0 Å². The summed E-state index contributed by atoms with van der Waals surface area (Å²) in [6.45, 7) is 2.39. The van der Waals surface area contributed by atoms with E-state index in [4.69, 9.17) is 4.74 Å². The van der Waals surface area contributed by atoms with Gasteiger partial charge >= 0.3 is 0 Å². The van der Waals surface area contributed by atoms with Gasteiger partial charge in [0, 0.05) is 16.9 Å². The lowest BCUT2D eigenvalue weighted by atomic mass is 10.2. The van der Waals surface area contributed by atoms with Crippen LogP contribution in [0.25, 0.3) is 0 Å². The standard InChI is InChI=1S/C21H18F2N2O4S/c1-2-29-17-8-6-15(7-9-17)24-21(26)14-4-3-5-16(12-14)25-30(27,28)18-10-11-19(22)20(23)13-18/h3-13,25H,2H2,1H3,(H,24,26). The first-order valence-electron chi connectivity index (χ1n) is 8.90. The van der Waals surface area contributed by atoms with Crippen LogP contribution in [-0.4, -0.2) is 20.9 Å². The van der Waals surface area contributed by atoms with Crippen LogP contribution in [0.2, 0.25) is 0 Å². The number of hydrogen-bond acceptors (Lipinski definition) is 4. The summed E-state index contributed by atoms with van der Waals surface area (Å²) in [5.74, 6) is -2.21. The number of amides is 1. The maximum atomic E-state index is 13.4. The fraction of sp³-hybridized carbons (Fsp3) is 0.0952. The van der Waals surface area contributed by atoms with Crippen molar-refractivity contribution in [3.63, 3.8) is 0 Å². The Bertz CT molecular complexity index is 1170. The quantitative estimate of drug-likeness (QED) is 0.579. The van der Waals surface area contributed by atoms with E-state index in [-0.39, 0.29) is 11.3 Å². The topological polar surface area (TPSA) is 84.5 Å². The Labute approximate surface area is 172 Å². The molecule has 1 amide bonds. The molecule has 0 aliphatic heterocycles. The lowest BCUT2D eigenvalue weighted by molar-refractivity contribution is 0.102. The molecule has 0 saturated heterocycles. The predicted octanol–water partition coefficient (Wildman–Crippen LogP) is 4.42. The van der Waals surface area contributed by atoms with E-state index in [1.54, 1.807) is 24.3 Å². The molecule has 0 bridgehead atoms. The molecule has 6 nitrogen and oxygen atoms in total. The van der Waals surface area contributed by atoms with Gasteiger partial charge in [-0.25, -0.2) is 17.2 Å². The zero-order valence-electron chi connectivity index (χ0n) is 15.9. The first-order chi connectivity index (χ1) is 14.3. The number of ether oxygens (including phenoxy) is 1. The third-order valence-corrected chi connectivity index (χ3v) is 5.38. The van der Waals surface area contributed by atoms with Gasteiger partial charge in [0.05, 0.1) is 11.5 Å². The van der Waals surface area contributed by atoms with Crippen LogP contribution in [0, 0.1) is 11.6 Å². The molecule has 0 radical (unpaired) electrons. The highest BCUT2D eigenvalue weighted by molar-refractivity contribution is 7.92. The van der Waals surface area contributed by atoms with Gasteiger partial charge in [-0.15, -0.1) is 0 Å². The van der Waals surface area contributed by atoms with Gasteiger partial charge in [-0.05, 0) is 67.6 Å². The minimum atomic E-state index is -4.17. The SMILES string of the molecule is CCOc1ccc(NC(=O)c2cccc(NS(=O)(=O)c3ccc(F)c(F)c3)c2)cc1. The number of nitrogens with one attached hydrogen (secondary N) is 2. The molecule has 0 atom stereocenters. The fourth-order valence-corrected chi connectivity index (χ4v) is 3.65. The van der Waals surface area contributed by atoms with Crippen LogP contribution in [-0.2, 0) is 10.0 Å². The number of anilines is 2. The Hall–Kier alpha value is -3.46. The lowest BCUT2D eigenvalue weighted by Gasteiger charge is -2.11. The van der Waals surface area contributed by atoms with Crippen LogP contribution in [0.3, 0.4) is 0 Å². The molecular formula is C21H18F2N2O4S. The second-order valence-electron chi connectivity index (χ2n) is 6.17. The number of hydrogen-bond donors (Lipinski definition) is 2. The van der Waals surface area contributed by atoms with Gasteiger partial charge in [0.2, 0.25) is 0 Å². The number of carbonyl (C=O) groups is 1. The van der Waals surface area contributed by atoms with Gasteiger partial charge in [-0.1, -0.05) is 6.07 Å². The third-order valence-electron chi connectivity index (χ3n) is 4.00. The number of sulfonamides is 1. The first-order valence-corrected chi connectivity index (χ1v) is 10.4. The summed E-state index contributed by atoms with van der Waals surface area (Å²) < 4.78 is 58.8. The minimum Gasteiger partial charge on any atom is -0.494 e. The monoisotopic (exact) mass is 432 g/mol. The molecule has 0 heterocycles. The van der Waals surface area contributed by atoms with Crippen LogP contribution in [0.1, 0.15) is 17.3 Å². The van der Waals surface area contributed by atoms with E-state index in [1.807, 2.05) is 6.92 Å². The first kappa shape index (κ1) is 21.3. The molecule has 156 valence electrons. The maximum Gasteiger partial charge on any atom is 0.261 e. The Kier molecular flexibility index (Phi) is 6.31. The third kappa shape index (κ3) is 5.12. The molecule has 0 aromatic heterocycles. The zero-order chi connectivity index (χ0) is 21.7. The summed E-state index contributed by atoms with van der Waals surface area (Å²) >= 11 is 0. The number of halogens is 2. The van der Waals surface area contributed by atoms with Gasteiger partial charge in [0.25, 0.3) is 15.9 Å². The summed E-state index contributed by atoms with van der Waals surface area (Å²) in [5, 5.41) is 2.70. The summed E-state index contributed by atoms with van der Waals surface area (Å²) in [6.07, 6.45) is 0. The van der Waals surface area contributed by atoms with Crippen LogP contribution < -0.4 is 14.8 Å². The molecule has 2 N–H and O–H groups in total. The highest BCUT2D eigenvalue weighted by Crippen LogP contribution is 2.21. The molecule has 30 heavy (non-hydrogen) atoms. The number of carbonyl (C=O) groups excluding carboxylic acids is 1. The molecule has 9 heteroatoms. The lowest BCUT2D eigenvalue weighted by Crippen LogP contribution is -2.15. The van der Waals surface area contributed by atoms with Crippen molar-refractivity contribution >= 4 is 27.3 Å².